The van der Waals surface area contributed by atoms with Crippen LogP contribution in [0.25, 0.3) is 0 Å². The highest BCUT2D eigenvalue weighted by Gasteiger charge is 2.28. The second kappa shape index (κ2) is 4.87. The van der Waals surface area contributed by atoms with Gasteiger partial charge in [0.25, 0.3) is 0 Å². The molecule has 1 aliphatic heterocycles. The van der Waals surface area contributed by atoms with E-state index in [9.17, 15) is 5.11 Å². The first kappa shape index (κ1) is 12.5. The molecule has 0 fully saturated rings. The number of para-hydroxylation sites is 1. The van der Waals surface area contributed by atoms with Crippen molar-refractivity contribution in [1.29, 1.82) is 0 Å². The molecule has 3 rings (SSSR count). The molecule has 0 spiro atoms. The van der Waals surface area contributed by atoms with Crippen LogP contribution in [0.15, 0.2) is 42.5 Å². The molecule has 1 heterocycles. The molecule has 0 bridgehead atoms. The van der Waals surface area contributed by atoms with E-state index < -0.39 is 6.10 Å². The lowest BCUT2D eigenvalue weighted by Crippen LogP contribution is -2.25. The number of benzene rings is 2. The van der Waals surface area contributed by atoms with Gasteiger partial charge in [0.2, 0.25) is 0 Å². The lowest BCUT2D eigenvalue weighted by Gasteiger charge is -2.21. The minimum Gasteiger partial charge on any atom is -0.386 e. The lowest BCUT2D eigenvalue weighted by atomic mass is 9.96. The number of fused-ring (bicyclic) bond motifs is 1. The van der Waals surface area contributed by atoms with E-state index in [1.807, 2.05) is 37.3 Å². The normalized spacial score (nSPS) is 18.8. The average molecular weight is 274 g/mol. The van der Waals surface area contributed by atoms with Gasteiger partial charge in [-0.15, -0.1) is 0 Å². The van der Waals surface area contributed by atoms with E-state index in [-0.39, 0.29) is 6.04 Å². The predicted molar refractivity (Wildman–Crippen MR) is 78.7 cm³/mol. The van der Waals surface area contributed by atoms with Crippen LogP contribution in [0.5, 0.6) is 0 Å². The standard InChI is InChI=1S/C16H16ClNO/c1-10-8-12(17)6-7-13(10)16(19)15-9-11-4-2-3-5-14(11)18-15/h2-8,15-16,18-19H,9H2,1H3. The Morgan fingerprint density at radius 3 is 2.79 bits per heavy atom. The van der Waals surface area contributed by atoms with Gasteiger partial charge in [-0.1, -0.05) is 35.9 Å². The van der Waals surface area contributed by atoms with E-state index in [1.54, 1.807) is 0 Å². The first-order valence-electron chi connectivity index (χ1n) is 6.44. The highest BCUT2D eigenvalue weighted by Crippen LogP contribution is 2.33. The number of aliphatic hydroxyl groups excluding tert-OH is 1. The van der Waals surface area contributed by atoms with Crippen molar-refractivity contribution in [2.24, 2.45) is 0 Å². The third-order valence-corrected chi connectivity index (χ3v) is 3.96. The van der Waals surface area contributed by atoms with Gasteiger partial charge in [0, 0.05) is 10.7 Å². The largest absolute Gasteiger partial charge is 0.386 e. The highest BCUT2D eigenvalue weighted by molar-refractivity contribution is 6.30. The van der Waals surface area contributed by atoms with Gasteiger partial charge in [-0.05, 0) is 48.2 Å². The molecule has 19 heavy (non-hydrogen) atoms. The number of hydrogen-bond donors (Lipinski definition) is 2. The number of anilines is 1. The van der Waals surface area contributed by atoms with Crippen LogP contribution in [0.3, 0.4) is 0 Å². The summed E-state index contributed by atoms with van der Waals surface area (Å²) in [6, 6.07) is 13.8. The summed E-state index contributed by atoms with van der Waals surface area (Å²) >= 11 is 5.96. The summed E-state index contributed by atoms with van der Waals surface area (Å²) in [7, 11) is 0. The molecule has 0 aliphatic carbocycles. The summed E-state index contributed by atoms with van der Waals surface area (Å²) in [6.45, 7) is 1.98. The van der Waals surface area contributed by atoms with E-state index in [1.165, 1.54) is 5.56 Å². The zero-order valence-corrected chi connectivity index (χ0v) is 11.5. The minimum absolute atomic E-state index is 0.0253. The molecular weight excluding hydrogens is 258 g/mol. The predicted octanol–water partition coefficient (Wildman–Crippen LogP) is 3.72. The van der Waals surface area contributed by atoms with Gasteiger partial charge in [0.05, 0.1) is 12.1 Å². The molecule has 2 unspecified atom stereocenters. The zero-order valence-electron chi connectivity index (χ0n) is 10.7. The molecule has 2 aromatic rings. The number of aryl methyl sites for hydroxylation is 1. The Hall–Kier alpha value is -1.51. The number of nitrogens with one attached hydrogen (secondary N) is 1. The van der Waals surface area contributed by atoms with Crippen molar-refractivity contribution in [3.05, 3.63) is 64.2 Å². The molecule has 2 N–H and O–H groups in total. The van der Waals surface area contributed by atoms with Crippen LogP contribution in [0.1, 0.15) is 22.8 Å². The summed E-state index contributed by atoms with van der Waals surface area (Å²) in [5.41, 5.74) is 4.35. The fourth-order valence-corrected chi connectivity index (χ4v) is 2.93. The molecule has 1 aliphatic rings. The SMILES string of the molecule is Cc1cc(Cl)ccc1C(O)C1Cc2ccccc2N1. The molecule has 0 aromatic heterocycles. The Labute approximate surface area is 118 Å². The van der Waals surface area contributed by atoms with Crippen molar-refractivity contribution in [2.45, 2.75) is 25.5 Å². The zero-order chi connectivity index (χ0) is 13.4. The highest BCUT2D eigenvalue weighted by atomic mass is 35.5. The second-order valence-electron chi connectivity index (χ2n) is 5.06. The quantitative estimate of drug-likeness (QED) is 0.874. The monoisotopic (exact) mass is 273 g/mol. The van der Waals surface area contributed by atoms with Crippen LogP contribution in [0, 0.1) is 6.92 Å². The van der Waals surface area contributed by atoms with Gasteiger partial charge >= 0.3 is 0 Å². The van der Waals surface area contributed by atoms with Crippen LogP contribution in [0.4, 0.5) is 5.69 Å². The van der Waals surface area contributed by atoms with E-state index in [0.717, 1.165) is 23.2 Å². The van der Waals surface area contributed by atoms with Gasteiger partial charge in [0.1, 0.15) is 0 Å². The van der Waals surface area contributed by atoms with Crippen LogP contribution >= 0.6 is 11.6 Å². The van der Waals surface area contributed by atoms with Crippen molar-refractivity contribution in [3.63, 3.8) is 0 Å². The molecular formula is C16H16ClNO. The third kappa shape index (κ3) is 2.34. The summed E-state index contributed by atoms with van der Waals surface area (Å²) in [5, 5.41) is 14.7. The van der Waals surface area contributed by atoms with E-state index in [4.69, 9.17) is 11.6 Å². The topological polar surface area (TPSA) is 32.3 Å². The van der Waals surface area contributed by atoms with Gasteiger partial charge in [-0.2, -0.15) is 0 Å². The van der Waals surface area contributed by atoms with E-state index in [0.29, 0.717) is 5.02 Å². The molecule has 98 valence electrons. The first-order chi connectivity index (χ1) is 9.15. The second-order valence-corrected chi connectivity index (χ2v) is 5.49. The third-order valence-electron chi connectivity index (χ3n) is 3.73. The summed E-state index contributed by atoms with van der Waals surface area (Å²) in [6.07, 6.45) is 0.323. The maximum atomic E-state index is 10.6. The molecule has 2 nitrogen and oxygen atoms in total. The number of hydrogen-bond acceptors (Lipinski definition) is 2. The van der Waals surface area contributed by atoms with Crippen molar-refractivity contribution in [1.82, 2.24) is 0 Å². The molecule has 0 amide bonds. The van der Waals surface area contributed by atoms with Gasteiger partial charge in [-0.25, -0.2) is 0 Å². The Bertz CT molecular complexity index is 586. The van der Waals surface area contributed by atoms with Crippen LogP contribution in [0.2, 0.25) is 5.02 Å². The number of aliphatic hydroxyl groups is 1. The van der Waals surface area contributed by atoms with E-state index >= 15 is 0 Å². The Kier molecular flexibility index (Phi) is 3.21. The van der Waals surface area contributed by atoms with Crippen LogP contribution < -0.4 is 5.32 Å². The van der Waals surface area contributed by atoms with Crippen LogP contribution in [-0.2, 0) is 6.42 Å². The number of rotatable bonds is 2. The molecule has 3 heteroatoms. The Morgan fingerprint density at radius 1 is 1.26 bits per heavy atom. The average Bonchev–Trinajstić information content (AvgIpc) is 2.81. The molecule has 0 radical (unpaired) electrons. The molecule has 2 aromatic carbocycles. The molecule has 0 saturated carbocycles. The first-order valence-corrected chi connectivity index (χ1v) is 6.81. The fraction of sp³-hybridized carbons (Fsp3) is 0.250. The van der Waals surface area contributed by atoms with Crippen LogP contribution in [-0.4, -0.2) is 11.1 Å². The van der Waals surface area contributed by atoms with Gasteiger partial charge < -0.3 is 10.4 Å². The Balaban J connectivity index is 1.85. The van der Waals surface area contributed by atoms with Gasteiger partial charge in [-0.3, -0.25) is 0 Å². The van der Waals surface area contributed by atoms with Crippen molar-refractivity contribution < 1.29 is 5.11 Å². The van der Waals surface area contributed by atoms with Gasteiger partial charge in [0.15, 0.2) is 0 Å². The minimum atomic E-state index is -0.523. The number of halogens is 1. The summed E-state index contributed by atoms with van der Waals surface area (Å²) in [4.78, 5) is 0. The Morgan fingerprint density at radius 2 is 2.05 bits per heavy atom. The van der Waals surface area contributed by atoms with Crippen molar-refractivity contribution >= 4 is 17.3 Å². The molecule has 2 atom stereocenters. The summed E-state index contributed by atoms with van der Waals surface area (Å²) in [5.74, 6) is 0. The van der Waals surface area contributed by atoms with E-state index in [2.05, 4.69) is 17.4 Å². The fourth-order valence-electron chi connectivity index (χ4n) is 2.71. The maximum Gasteiger partial charge on any atom is 0.0996 e. The summed E-state index contributed by atoms with van der Waals surface area (Å²) < 4.78 is 0. The smallest absolute Gasteiger partial charge is 0.0996 e. The van der Waals surface area contributed by atoms with Crippen molar-refractivity contribution in [3.8, 4) is 0 Å². The van der Waals surface area contributed by atoms with Crippen molar-refractivity contribution in [2.75, 3.05) is 5.32 Å². The maximum absolute atomic E-state index is 10.6. The molecule has 0 saturated heterocycles. The lowest BCUT2D eigenvalue weighted by molar-refractivity contribution is 0.156.